The van der Waals surface area contributed by atoms with Crippen LogP contribution < -0.4 is 15.1 Å². The minimum Gasteiger partial charge on any atom is -0.508 e. The molecule has 16 heteroatoms. The lowest BCUT2D eigenvalue weighted by atomic mass is 9.64. The van der Waals surface area contributed by atoms with Crippen molar-refractivity contribution in [3.05, 3.63) is 149 Å². The van der Waals surface area contributed by atoms with Crippen molar-refractivity contribution in [3.8, 4) is 17.6 Å². The number of cyclic esters (lactones) is 1. The first-order valence-electron chi connectivity index (χ1n) is 25.1. The Morgan fingerprint density at radius 1 is 0.795 bits per heavy atom. The summed E-state index contributed by atoms with van der Waals surface area (Å²) in [5.74, 6) is 2.00. The first-order chi connectivity index (χ1) is 35.3. The minimum atomic E-state index is -2.11. The number of aromatic nitrogens is 2. The molecular weight excluding hydrogens is 927 g/mol. The molecule has 7 atom stereocenters. The molecule has 4 fully saturated rings. The van der Waals surface area contributed by atoms with Gasteiger partial charge in [-0.25, -0.2) is 24.5 Å². The summed E-state index contributed by atoms with van der Waals surface area (Å²) >= 11 is 0. The number of rotatable bonds is 8. The molecule has 5 aromatic rings. The highest BCUT2D eigenvalue weighted by molar-refractivity contribution is 6.25. The van der Waals surface area contributed by atoms with Crippen LogP contribution in [0.2, 0.25) is 0 Å². The number of carbonyl (C=O) groups excluding carboxylic acids is 5. The SMILES string of the molecule is COC(=O)[C@@H](NC(=O)N1C(=O)[C@@]2(c3cc(C#CC4(O)CCCCCC4)ccc31)[C@H](C(=O)N1CCN(c3ncccn3)CC1)[C@H]1C(=O)O[C@H](c3ccccc3)[C@H](c3ccccc3)N1[C@@H]2c1ccc(O)cc1)C(C)C. The number of morpholine rings is 1. The molecule has 4 amide bonds. The summed E-state index contributed by atoms with van der Waals surface area (Å²) in [6, 6.07) is 26.3. The maximum atomic E-state index is 16.8. The van der Waals surface area contributed by atoms with E-state index in [9.17, 15) is 15.0 Å². The first-order valence-corrected chi connectivity index (χ1v) is 25.1. The number of amides is 4. The summed E-state index contributed by atoms with van der Waals surface area (Å²) in [5.41, 5.74) is -0.748. The molecule has 1 aromatic heterocycles. The lowest BCUT2D eigenvalue weighted by Gasteiger charge is -2.46. The number of methoxy groups -OCH3 is 1. The fraction of sp³-hybridized carbons (Fsp3) is 0.386. The predicted molar refractivity (Wildman–Crippen MR) is 270 cm³/mol. The van der Waals surface area contributed by atoms with Crippen molar-refractivity contribution >= 4 is 41.4 Å². The summed E-state index contributed by atoms with van der Waals surface area (Å²) in [6.45, 7) is 4.50. The molecule has 16 nitrogen and oxygen atoms in total. The standard InChI is InChI=1S/C57H59N7O9/c1-36(2)45(51(67)72-3)60-55(70)63-43-24-19-37(25-28-56(71)26-12-4-5-13-27-56)35-42(43)57(53(63)69)44(50(66)61-31-33-62(34-32-61)54-58-29-14-30-59-54)47-52(68)73-48(39-17-10-7-11-18-39)46(38-15-8-6-9-16-38)64(47)49(57)40-20-22-41(65)23-21-40/h6-11,14-24,29-30,35-36,44-49,65,71H,4-5,12-13,26-27,31-34H2,1-3H3,(H,60,70)/t44-,45-,46-,47-,48+,49+,57-/m0/s1. The molecule has 4 aromatic carbocycles. The van der Waals surface area contributed by atoms with Gasteiger partial charge in [0.1, 0.15) is 35.0 Å². The number of ether oxygens (including phenoxy) is 2. The Hall–Kier alpha value is -7.61. The van der Waals surface area contributed by atoms with Crippen LogP contribution in [0.1, 0.15) is 98.4 Å². The van der Waals surface area contributed by atoms with Gasteiger partial charge in [-0.15, -0.1) is 0 Å². The van der Waals surface area contributed by atoms with Crippen molar-refractivity contribution in [1.29, 1.82) is 0 Å². The van der Waals surface area contributed by atoms with Gasteiger partial charge in [0, 0.05) is 44.1 Å². The molecule has 4 aliphatic heterocycles. The van der Waals surface area contributed by atoms with Crippen LogP contribution in [0.15, 0.2) is 122 Å². The van der Waals surface area contributed by atoms with E-state index in [2.05, 4.69) is 27.1 Å². The number of aliphatic hydroxyl groups is 1. The Morgan fingerprint density at radius 3 is 2.07 bits per heavy atom. The number of fused-ring (bicyclic) bond motifs is 3. The third-order valence-electron chi connectivity index (χ3n) is 15.3. The van der Waals surface area contributed by atoms with Crippen molar-refractivity contribution in [3.63, 3.8) is 0 Å². The van der Waals surface area contributed by atoms with E-state index in [1.165, 1.54) is 19.2 Å². The van der Waals surface area contributed by atoms with Gasteiger partial charge in [0.15, 0.2) is 0 Å². The lowest BCUT2D eigenvalue weighted by Crippen LogP contribution is -2.60. The van der Waals surface area contributed by atoms with Crippen LogP contribution in [0.25, 0.3) is 0 Å². The Bertz CT molecular complexity index is 2930. The van der Waals surface area contributed by atoms with E-state index in [0.29, 0.717) is 48.6 Å². The Morgan fingerprint density at radius 2 is 1.44 bits per heavy atom. The van der Waals surface area contributed by atoms with Gasteiger partial charge >= 0.3 is 18.0 Å². The second-order valence-corrected chi connectivity index (χ2v) is 20.0. The zero-order chi connectivity index (χ0) is 51.0. The highest BCUT2D eigenvalue weighted by Gasteiger charge is 2.76. The van der Waals surface area contributed by atoms with Crippen molar-refractivity contribution in [2.75, 3.05) is 43.1 Å². The van der Waals surface area contributed by atoms with Crippen LogP contribution in [0.3, 0.4) is 0 Å². The van der Waals surface area contributed by atoms with Crippen LogP contribution in [-0.2, 0) is 34.1 Å². The minimum absolute atomic E-state index is 0.0595. The number of imide groups is 1. The number of urea groups is 1. The van der Waals surface area contributed by atoms with Crippen molar-refractivity contribution in [2.45, 2.75) is 93.7 Å². The summed E-state index contributed by atoms with van der Waals surface area (Å²) in [6.07, 6.45) is 6.91. The number of nitrogens with zero attached hydrogens (tertiary/aromatic N) is 6. The molecule has 3 N–H and O–H groups in total. The van der Waals surface area contributed by atoms with Crippen LogP contribution in [0.5, 0.6) is 5.75 Å². The van der Waals surface area contributed by atoms with Crippen LogP contribution in [0.4, 0.5) is 16.4 Å². The summed E-state index contributed by atoms with van der Waals surface area (Å²) in [7, 11) is 1.22. The zero-order valence-corrected chi connectivity index (χ0v) is 41.1. The number of carbonyl (C=O) groups is 5. The molecule has 10 rings (SSSR count). The fourth-order valence-electron chi connectivity index (χ4n) is 11.8. The van der Waals surface area contributed by atoms with E-state index in [4.69, 9.17) is 9.47 Å². The molecule has 0 radical (unpaired) electrons. The van der Waals surface area contributed by atoms with Gasteiger partial charge in [0.05, 0.1) is 30.8 Å². The second kappa shape index (κ2) is 20.1. The predicted octanol–water partition coefficient (Wildman–Crippen LogP) is 6.54. The topological polar surface area (TPSA) is 195 Å². The Balaban J connectivity index is 1.24. The number of hydrogen-bond acceptors (Lipinski definition) is 13. The number of esters is 2. The van der Waals surface area contributed by atoms with Gasteiger partial charge < -0.3 is 34.8 Å². The summed E-state index contributed by atoms with van der Waals surface area (Å²) < 4.78 is 11.8. The number of nitrogens with one attached hydrogen (secondary N) is 1. The molecular formula is C57H59N7O9. The van der Waals surface area contributed by atoms with Gasteiger partial charge in [-0.1, -0.05) is 111 Å². The van der Waals surface area contributed by atoms with E-state index in [1.54, 1.807) is 67.5 Å². The Labute approximate surface area is 424 Å². The van der Waals surface area contributed by atoms with Crippen LogP contribution in [-0.4, -0.2) is 111 Å². The molecule has 0 unspecified atom stereocenters. The highest BCUT2D eigenvalue weighted by atomic mass is 16.6. The van der Waals surface area contributed by atoms with Crippen LogP contribution >= 0.6 is 0 Å². The third kappa shape index (κ3) is 8.84. The molecule has 73 heavy (non-hydrogen) atoms. The monoisotopic (exact) mass is 985 g/mol. The maximum Gasteiger partial charge on any atom is 0.329 e. The average molecular weight is 986 g/mol. The number of phenols is 1. The van der Waals surface area contributed by atoms with Crippen molar-refractivity contribution in [1.82, 2.24) is 25.1 Å². The first kappa shape index (κ1) is 49.0. The quantitative estimate of drug-likeness (QED) is 0.0863. The van der Waals surface area contributed by atoms with Crippen LogP contribution in [0, 0.1) is 23.7 Å². The highest BCUT2D eigenvalue weighted by Crippen LogP contribution is 2.66. The number of aromatic hydroxyl groups is 1. The Kier molecular flexibility index (Phi) is 13.5. The molecule has 1 saturated carbocycles. The fourth-order valence-corrected chi connectivity index (χ4v) is 11.8. The van der Waals surface area contributed by atoms with E-state index in [1.807, 2.05) is 70.5 Å². The van der Waals surface area contributed by atoms with Gasteiger partial charge in [-0.3, -0.25) is 19.3 Å². The summed E-state index contributed by atoms with van der Waals surface area (Å²) in [5, 5.41) is 25.4. The normalized spacial score (nSPS) is 24.9. The molecule has 5 heterocycles. The number of phenolic OH excluding ortho intramolecular Hbond substituents is 1. The van der Waals surface area contributed by atoms with E-state index >= 15 is 19.2 Å². The third-order valence-corrected chi connectivity index (χ3v) is 15.3. The smallest absolute Gasteiger partial charge is 0.329 e. The molecule has 3 saturated heterocycles. The van der Waals surface area contributed by atoms with Gasteiger partial charge in [0.2, 0.25) is 17.8 Å². The zero-order valence-electron chi connectivity index (χ0n) is 41.1. The number of hydrogen-bond donors (Lipinski definition) is 3. The largest absolute Gasteiger partial charge is 0.508 e. The lowest BCUT2D eigenvalue weighted by molar-refractivity contribution is -0.179. The average Bonchev–Trinajstić information content (AvgIpc) is 3.75. The molecule has 1 aliphatic carbocycles. The van der Waals surface area contributed by atoms with Gasteiger partial charge in [0.25, 0.3) is 0 Å². The van der Waals surface area contributed by atoms with E-state index in [-0.39, 0.29) is 30.1 Å². The molecule has 0 bridgehead atoms. The molecule has 376 valence electrons. The summed E-state index contributed by atoms with van der Waals surface area (Å²) in [4.78, 5) is 92.7. The van der Waals surface area contributed by atoms with Crippen molar-refractivity contribution < 1.29 is 43.7 Å². The number of benzene rings is 4. The number of anilines is 2. The van der Waals surface area contributed by atoms with Crippen molar-refractivity contribution in [2.24, 2.45) is 11.8 Å². The van der Waals surface area contributed by atoms with E-state index < -0.39 is 82.9 Å². The maximum absolute atomic E-state index is 16.8. The van der Waals surface area contributed by atoms with Gasteiger partial charge in [-0.05, 0) is 90.3 Å². The second-order valence-electron chi connectivity index (χ2n) is 20.0. The number of piperazine rings is 1. The van der Waals surface area contributed by atoms with Gasteiger partial charge in [-0.2, -0.15) is 0 Å². The molecule has 1 spiro atoms. The molecule has 5 aliphatic rings. The van der Waals surface area contributed by atoms with E-state index in [0.717, 1.165) is 36.1 Å².